The van der Waals surface area contributed by atoms with Crippen molar-refractivity contribution in [2.75, 3.05) is 0 Å². The molecule has 25 heavy (non-hydrogen) atoms. The molecule has 0 aliphatic heterocycles. The van der Waals surface area contributed by atoms with Crippen LogP contribution in [0.3, 0.4) is 0 Å². The van der Waals surface area contributed by atoms with E-state index in [2.05, 4.69) is 0 Å². The first-order valence-electron chi connectivity index (χ1n) is 7.77. The zero-order valence-electron chi connectivity index (χ0n) is 13.1. The molecule has 0 atom stereocenters. The second kappa shape index (κ2) is 6.46. The number of rotatable bonds is 2. The summed E-state index contributed by atoms with van der Waals surface area (Å²) in [4.78, 5) is 12.3. The van der Waals surface area contributed by atoms with E-state index in [0.717, 1.165) is 16.2 Å². The van der Waals surface area contributed by atoms with Gasteiger partial charge in [0.1, 0.15) is 5.75 Å². The molecule has 0 aliphatic rings. The Labute approximate surface area is 149 Å². The SMILES string of the molecule is O=C(Oc1ccccc1)Oc1c2ccccc2cc2cccc(Cl)c12. The molecule has 0 aliphatic carbocycles. The third kappa shape index (κ3) is 3.02. The Bertz CT molecular complexity index is 1070. The minimum Gasteiger partial charge on any atom is -0.395 e. The highest BCUT2D eigenvalue weighted by Gasteiger charge is 2.16. The number of carbonyl (C=O) groups excluding carboxylic acids is 1. The van der Waals surface area contributed by atoms with E-state index in [-0.39, 0.29) is 0 Å². The number of fused-ring (bicyclic) bond motifs is 2. The van der Waals surface area contributed by atoms with Gasteiger partial charge in [-0.15, -0.1) is 0 Å². The van der Waals surface area contributed by atoms with E-state index in [1.807, 2.05) is 48.5 Å². The second-order valence-electron chi connectivity index (χ2n) is 5.53. The van der Waals surface area contributed by atoms with Crippen LogP contribution in [0.15, 0.2) is 78.9 Å². The van der Waals surface area contributed by atoms with Crippen molar-refractivity contribution in [1.29, 1.82) is 0 Å². The summed E-state index contributed by atoms with van der Waals surface area (Å²) in [5.74, 6) is 0.822. The highest BCUT2D eigenvalue weighted by molar-refractivity contribution is 6.37. The van der Waals surface area contributed by atoms with Crippen LogP contribution in [0.2, 0.25) is 5.02 Å². The van der Waals surface area contributed by atoms with Crippen LogP contribution in [0.5, 0.6) is 11.5 Å². The molecular formula is C21H13ClO3. The molecule has 0 bridgehead atoms. The van der Waals surface area contributed by atoms with Gasteiger partial charge in [-0.05, 0) is 35.0 Å². The maximum absolute atomic E-state index is 12.3. The van der Waals surface area contributed by atoms with E-state index in [1.165, 1.54) is 0 Å². The fourth-order valence-corrected chi connectivity index (χ4v) is 3.10. The summed E-state index contributed by atoms with van der Waals surface area (Å²) in [5.41, 5.74) is 0. The van der Waals surface area contributed by atoms with Crippen LogP contribution in [0, 0.1) is 0 Å². The van der Waals surface area contributed by atoms with Crippen LogP contribution in [-0.4, -0.2) is 6.16 Å². The maximum atomic E-state index is 12.3. The van der Waals surface area contributed by atoms with Crippen molar-refractivity contribution in [3.8, 4) is 11.5 Å². The molecule has 4 aromatic rings. The van der Waals surface area contributed by atoms with E-state index in [1.54, 1.807) is 30.3 Å². The van der Waals surface area contributed by atoms with Gasteiger partial charge in [0.25, 0.3) is 0 Å². The summed E-state index contributed by atoms with van der Waals surface area (Å²) in [5, 5.41) is 3.86. The smallest absolute Gasteiger partial charge is 0.395 e. The van der Waals surface area contributed by atoms with Crippen LogP contribution in [-0.2, 0) is 0 Å². The lowest BCUT2D eigenvalue weighted by molar-refractivity contribution is 0.153. The zero-order chi connectivity index (χ0) is 17.2. The topological polar surface area (TPSA) is 35.5 Å². The van der Waals surface area contributed by atoms with Crippen LogP contribution in [0.25, 0.3) is 21.5 Å². The second-order valence-corrected chi connectivity index (χ2v) is 5.94. The summed E-state index contributed by atoms with van der Waals surface area (Å²) < 4.78 is 10.8. The van der Waals surface area contributed by atoms with E-state index in [4.69, 9.17) is 21.1 Å². The predicted molar refractivity (Wildman–Crippen MR) is 99.6 cm³/mol. The minimum absolute atomic E-state index is 0.402. The third-order valence-electron chi connectivity index (χ3n) is 3.92. The molecule has 0 N–H and O–H groups in total. The molecule has 0 radical (unpaired) electrons. The molecule has 0 heterocycles. The first-order valence-corrected chi connectivity index (χ1v) is 8.15. The Hall–Kier alpha value is -3.04. The molecule has 0 fully saturated rings. The number of ether oxygens (including phenoxy) is 2. The van der Waals surface area contributed by atoms with Crippen LogP contribution >= 0.6 is 11.6 Å². The molecule has 0 unspecified atom stereocenters. The zero-order valence-corrected chi connectivity index (χ0v) is 13.9. The fourth-order valence-electron chi connectivity index (χ4n) is 2.83. The highest BCUT2D eigenvalue weighted by atomic mass is 35.5. The molecule has 3 nitrogen and oxygen atoms in total. The van der Waals surface area contributed by atoms with Crippen molar-refractivity contribution in [3.63, 3.8) is 0 Å². The van der Waals surface area contributed by atoms with Crippen LogP contribution in [0.4, 0.5) is 4.79 Å². The maximum Gasteiger partial charge on any atom is 0.519 e. The molecule has 0 aromatic heterocycles. The largest absolute Gasteiger partial charge is 0.519 e. The normalized spacial score (nSPS) is 10.8. The number of hydrogen-bond donors (Lipinski definition) is 0. The van der Waals surface area contributed by atoms with Crippen molar-refractivity contribution in [2.45, 2.75) is 0 Å². The first-order chi connectivity index (χ1) is 12.2. The lowest BCUT2D eigenvalue weighted by Gasteiger charge is -2.12. The van der Waals surface area contributed by atoms with Gasteiger partial charge in [0.05, 0.1) is 5.02 Å². The van der Waals surface area contributed by atoms with Gasteiger partial charge >= 0.3 is 6.16 Å². The Kier molecular flexibility index (Phi) is 4.00. The first kappa shape index (κ1) is 15.5. The van der Waals surface area contributed by atoms with E-state index < -0.39 is 6.16 Å². The van der Waals surface area contributed by atoms with Gasteiger partial charge in [0.2, 0.25) is 0 Å². The average Bonchev–Trinajstić information content (AvgIpc) is 2.62. The number of hydrogen-bond acceptors (Lipinski definition) is 3. The van der Waals surface area contributed by atoms with E-state index in [9.17, 15) is 4.79 Å². The summed E-state index contributed by atoms with van der Waals surface area (Å²) in [6, 6.07) is 24.1. The van der Waals surface area contributed by atoms with Gasteiger partial charge in [0, 0.05) is 10.8 Å². The number of para-hydroxylation sites is 1. The van der Waals surface area contributed by atoms with Gasteiger partial charge in [-0.25, -0.2) is 4.79 Å². The Morgan fingerprint density at radius 2 is 1.48 bits per heavy atom. The molecule has 122 valence electrons. The van der Waals surface area contributed by atoms with Gasteiger partial charge < -0.3 is 9.47 Å². The Morgan fingerprint density at radius 1 is 0.760 bits per heavy atom. The highest BCUT2D eigenvalue weighted by Crippen LogP contribution is 2.39. The molecule has 0 saturated carbocycles. The van der Waals surface area contributed by atoms with Gasteiger partial charge in [-0.1, -0.05) is 66.2 Å². The molecule has 4 aromatic carbocycles. The quantitative estimate of drug-likeness (QED) is 0.245. The Morgan fingerprint density at radius 3 is 2.32 bits per heavy atom. The molecule has 0 amide bonds. The number of benzene rings is 4. The van der Waals surface area contributed by atoms with Crippen LogP contribution < -0.4 is 9.47 Å². The van der Waals surface area contributed by atoms with E-state index >= 15 is 0 Å². The van der Waals surface area contributed by atoms with Crippen molar-refractivity contribution >= 4 is 39.3 Å². The third-order valence-corrected chi connectivity index (χ3v) is 4.23. The fraction of sp³-hybridized carbons (Fsp3) is 0. The van der Waals surface area contributed by atoms with Crippen molar-refractivity contribution < 1.29 is 14.3 Å². The number of halogens is 1. The monoisotopic (exact) mass is 348 g/mol. The lowest BCUT2D eigenvalue weighted by Crippen LogP contribution is -2.14. The summed E-state index contributed by atoms with van der Waals surface area (Å²) >= 11 is 6.37. The molecular weight excluding hydrogens is 336 g/mol. The standard InChI is InChI=1S/C21H13ClO3/c22-18-12-6-8-15-13-14-7-4-5-11-17(14)20(19(15)18)25-21(23)24-16-9-2-1-3-10-16/h1-13H. The van der Waals surface area contributed by atoms with Crippen molar-refractivity contribution in [3.05, 3.63) is 83.9 Å². The predicted octanol–water partition coefficient (Wildman–Crippen LogP) is 6.22. The average molecular weight is 349 g/mol. The molecule has 4 heteroatoms. The van der Waals surface area contributed by atoms with Crippen molar-refractivity contribution in [1.82, 2.24) is 0 Å². The summed E-state index contributed by atoms with van der Waals surface area (Å²) in [6.07, 6.45) is -0.802. The van der Waals surface area contributed by atoms with Gasteiger partial charge in [-0.2, -0.15) is 0 Å². The van der Waals surface area contributed by atoms with Crippen molar-refractivity contribution in [2.24, 2.45) is 0 Å². The molecule has 0 saturated heterocycles. The lowest BCUT2D eigenvalue weighted by atomic mass is 10.0. The number of carbonyl (C=O) groups is 1. The summed E-state index contributed by atoms with van der Waals surface area (Å²) in [7, 11) is 0. The molecule has 0 spiro atoms. The molecule has 4 rings (SSSR count). The Balaban J connectivity index is 1.82. The van der Waals surface area contributed by atoms with Crippen LogP contribution in [0.1, 0.15) is 0 Å². The van der Waals surface area contributed by atoms with E-state index in [0.29, 0.717) is 21.9 Å². The minimum atomic E-state index is -0.802. The summed E-state index contributed by atoms with van der Waals surface area (Å²) in [6.45, 7) is 0. The van der Waals surface area contributed by atoms with Gasteiger partial charge in [-0.3, -0.25) is 0 Å². The van der Waals surface area contributed by atoms with Gasteiger partial charge in [0.15, 0.2) is 5.75 Å².